The van der Waals surface area contributed by atoms with Crippen LogP contribution in [0, 0.1) is 0 Å². The molecule has 0 aliphatic heterocycles. The number of aromatic nitrogens is 2. The molecule has 6 heteroatoms. The van der Waals surface area contributed by atoms with Crippen LogP contribution in [0.2, 0.25) is 0 Å². The Kier molecular flexibility index (Phi) is 4.22. The van der Waals surface area contributed by atoms with Crippen LogP contribution in [0.1, 0.15) is 25.3 Å². The molecule has 0 saturated heterocycles. The van der Waals surface area contributed by atoms with E-state index in [9.17, 15) is 18.0 Å². The van der Waals surface area contributed by atoms with Crippen molar-refractivity contribution in [3.05, 3.63) is 58.5 Å². The van der Waals surface area contributed by atoms with Crippen molar-refractivity contribution in [2.45, 2.75) is 32.5 Å². The number of nitrogens with zero attached hydrogens (tertiary/aromatic N) is 1. The second kappa shape index (κ2) is 6.19. The van der Waals surface area contributed by atoms with Crippen LogP contribution < -0.4 is 5.69 Å². The second-order valence-electron chi connectivity index (χ2n) is 5.75. The molecule has 0 saturated carbocycles. The van der Waals surface area contributed by atoms with Gasteiger partial charge >= 0.3 is 11.9 Å². The van der Waals surface area contributed by atoms with Gasteiger partial charge in [-0.1, -0.05) is 31.5 Å². The molecule has 1 heterocycles. The first kappa shape index (κ1) is 16.4. The predicted octanol–water partition coefficient (Wildman–Crippen LogP) is 4.82. The largest absolute Gasteiger partial charge is 0.416 e. The molecule has 24 heavy (non-hydrogen) atoms. The summed E-state index contributed by atoms with van der Waals surface area (Å²) in [6.07, 6.45) is -2.51. The van der Waals surface area contributed by atoms with Crippen molar-refractivity contribution >= 4 is 11.0 Å². The molecule has 3 rings (SSSR count). The van der Waals surface area contributed by atoms with Crippen molar-refractivity contribution in [3.63, 3.8) is 0 Å². The van der Waals surface area contributed by atoms with E-state index in [0.29, 0.717) is 23.2 Å². The predicted molar refractivity (Wildman–Crippen MR) is 87.9 cm³/mol. The highest BCUT2D eigenvalue weighted by atomic mass is 19.4. The lowest BCUT2D eigenvalue weighted by Gasteiger charge is -2.09. The van der Waals surface area contributed by atoms with Crippen LogP contribution in [-0.4, -0.2) is 9.55 Å². The van der Waals surface area contributed by atoms with Gasteiger partial charge in [0.25, 0.3) is 0 Å². The summed E-state index contributed by atoms with van der Waals surface area (Å²) in [5, 5.41) is 0. The van der Waals surface area contributed by atoms with Crippen molar-refractivity contribution in [1.29, 1.82) is 0 Å². The van der Waals surface area contributed by atoms with Crippen LogP contribution in [0.5, 0.6) is 0 Å². The number of hydrogen-bond donors (Lipinski definition) is 1. The lowest BCUT2D eigenvalue weighted by Crippen LogP contribution is -2.16. The summed E-state index contributed by atoms with van der Waals surface area (Å²) >= 11 is 0. The third-order valence-electron chi connectivity index (χ3n) is 4.03. The summed E-state index contributed by atoms with van der Waals surface area (Å²) in [6, 6.07) is 10.4. The Morgan fingerprint density at radius 3 is 2.54 bits per heavy atom. The summed E-state index contributed by atoms with van der Waals surface area (Å²) in [6.45, 7) is 2.67. The zero-order valence-electron chi connectivity index (χ0n) is 13.2. The molecule has 2 aromatic carbocycles. The molecule has 0 amide bonds. The molecule has 0 radical (unpaired) electrons. The molecule has 0 fully saturated rings. The van der Waals surface area contributed by atoms with E-state index in [1.807, 2.05) is 6.92 Å². The van der Waals surface area contributed by atoms with Crippen molar-refractivity contribution < 1.29 is 13.2 Å². The fraction of sp³-hybridized carbons (Fsp3) is 0.278. The average Bonchev–Trinajstić information content (AvgIpc) is 2.86. The zero-order chi connectivity index (χ0) is 17.3. The number of rotatable bonds is 4. The Hall–Kier alpha value is -2.50. The van der Waals surface area contributed by atoms with Crippen LogP contribution in [0.4, 0.5) is 13.2 Å². The number of alkyl halides is 3. The smallest absolute Gasteiger partial charge is 0.306 e. The number of aromatic amines is 1. The molecule has 3 nitrogen and oxygen atoms in total. The van der Waals surface area contributed by atoms with Crippen LogP contribution in [0.3, 0.4) is 0 Å². The molecule has 1 aromatic heterocycles. The standard InChI is InChI=1S/C18H17F3N2O/c1-2-3-9-23-16-8-7-13(11-15(16)22-17(23)24)12-5-4-6-14(10-12)18(19,20)21/h4-8,10-11H,2-3,9H2,1H3,(H,22,24). The first-order valence-corrected chi connectivity index (χ1v) is 7.80. The molecular weight excluding hydrogens is 317 g/mol. The van der Waals surface area contributed by atoms with Crippen molar-refractivity contribution in [2.24, 2.45) is 0 Å². The lowest BCUT2D eigenvalue weighted by atomic mass is 10.0. The van der Waals surface area contributed by atoms with Gasteiger partial charge in [0.15, 0.2) is 0 Å². The van der Waals surface area contributed by atoms with E-state index < -0.39 is 11.7 Å². The number of aryl methyl sites for hydroxylation is 1. The Bertz CT molecular complexity index is 922. The van der Waals surface area contributed by atoms with E-state index in [1.54, 1.807) is 28.8 Å². The van der Waals surface area contributed by atoms with E-state index in [1.165, 1.54) is 6.07 Å². The van der Waals surface area contributed by atoms with Gasteiger partial charge in [0.2, 0.25) is 0 Å². The topological polar surface area (TPSA) is 37.8 Å². The van der Waals surface area contributed by atoms with Crippen molar-refractivity contribution in [2.75, 3.05) is 0 Å². The number of imidazole rings is 1. The highest BCUT2D eigenvalue weighted by Crippen LogP contribution is 2.32. The first-order valence-electron chi connectivity index (χ1n) is 7.80. The minimum Gasteiger partial charge on any atom is -0.306 e. The number of benzene rings is 2. The number of unbranched alkanes of at least 4 members (excludes halogenated alkanes) is 1. The van der Waals surface area contributed by atoms with Crippen molar-refractivity contribution in [1.82, 2.24) is 9.55 Å². The summed E-state index contributed by atoms with van der Waals surface area (Å²) in [5.74, 6) is 0. The Morgan fingerprint density at radius 1 is 1.08 bits per heavy atom. The summed E-state index contributed by atoms with van der Waals surface area (Å²) < 4.78 is 40.2. The van der Waals surface area contributed by atoms with Gasteiger partial charge in [-0.15, -0.1) is 0 Å². The Morgan fingerprint density at radius 2 is 1.83 bits per heavy atom. The highest BCUT2D eigenvalue weighted by Gasteiger charge is 2.30. The second-order valence-corrected chi connectivity index (χ2v) is 5.75. The van der Waals surface area contributed by atoms with Gasteiger partial charge in [-0.2, -0.15) is 13.2 Å². The quantitative estimate of drug-likeness (QED) is 0.730. The molecule has 0 bridgehead atoms. The fourth-order valence-electron chi connectivity index (χ4n) is 2.76. The van der Waals surface area contributed by atoms with Gasteiger partial charge in [0.1, 0.15) is 0 Å². The number of H-pyrrole nitrogens is 1. The minimum absolute atomic E-state index is 0.195. The van der Waals surface area contributed by atoms with Gasteiger partial charge in [0, 0.05) is 6.54 Å². The van der Waals surface area contributed by atoms with Gasteiger partial charge in [0.05, 0.1) is 16.6 Å². The molecule has 3 aromatic rings. The third kappa shape index (κ3) is 3.09. The monoisotopic (exact) mass is 334 g/mol. The van der Waals surface area contributed by atoms with Crippen LogP contribution in [-0.2, 0) is 12.7 Å². The van der Waals surface area contributed by atoms with E-state index in [0.717, 1.165) is 30.5 Å². The van der Waals surface area contributed by atoms with E-state index in [4.69, 9.17) is 0 Å². The van der Waals surface area contributed by atoms with Gasteiger partial charge < -0.3 is 4.98 Å². The fourth-order valence-corrected chi connectivity index (χ4v) is 2.76. The summed E-state index contributed by atoms with van der Waals surface area (Å²) in [4.78, 5) is 14.8. The first-order chi connectivity index (χ1) is 11.4. The molecular formula is C18H17F3N2O. The molecule has 0 spiro atoms. The van der Waals surface area contributed by atoms with Gasteiger partial charge in [-0.05, 0) is 41.8 Å². The highest BCUT2D eigenvalue weighted by molar-refractivity contribution is 5.82. The normalized spacial score (nSPS) is 12.0. The lowest BCUT2D eigenvalue weighted by molar-refractivity contribution is -0.137. The van der Waals surface area contributed by atoms with E-state index in [-0.39, 0.29) is 5.69 Å². The maximum absolute atomic E-state index is 12.9. The third-order valence-corrected chi connectivity index (χ3v) is 4.03. The summed E-state index contributed by atoms with van der Waals surface area (Å²) in [7, 11) is 0. The number of fused-ring (bicyclic) bond motifs is 1. The SMILES string of the molecule is CCCCn1c(=O)[nH]c2cc(-c3cccc(C(F)(F)F)c3)ccc21. The van der Waals surface area contributed by atoms with E-state index >= 15 is 0 Å². The Balaban J connectivity index is 2.05. The summed E-state index contributed by atoms with van der Waals surface area (Å²) in [5.41, 5.74) is 1.62. The maximum Gasteiger partial charge on any atom is 0.416 e. The van der Waals surface area contributed by atoms with Crippen LogP contribution in [0.15, 0.2) is 47.3 Å². The van der Waals surface area contributed by atoms with E-state index in [2.05, 4.69) is 4.98 Å². The van der Waals surface area contributed by atoms with Crippen molar-refractivity contribution in [3.8, 4) is 11.1 Å². The zero-order valence-corrected chi connectivity index (χ0v) is 13.2. The number of halogens is 3. The number of nitrogens with one attached hydrogen (secondary N) is 1. The number of hydrogen-bond acceptors (Lipinski definition) is 1. The molecule has 0 aliphatic rings. The Labute approximate surface area is 136 Å². The molecule has 0 unspecified atom stereocenters. The van der Waals surface area contributed by atoms with Gasteiger partial charge in [-0.25, -0.2) is 4.79 Å². The van der Waals surface area contributed by atoms with Crippen LogP contribution >= 0.6 is 0 Å². The molecule has 126 valence electrons. The molecule has 0 aliphatic carbocycles. The van der Waals surface area contributed by atoms with Crippen LogP contribution in [0.25, 0.3) is 22.2 Å². The minimum atomic E-state index is -4.38. The maximum atomic E-state index is 12.9. The average molecular weight is 334 g/mol. The molecule has 1 N–H and O–H groups in total. The molecule has 0 atom stereocenters. The van der Waals surface area contributed by atoms with Gasteiger partial charge in [-0.3, -0.25) is 4.57 Å².